The highest BCUT2D eigenvalue weighted by atomic mass is 35.5. The number of fused-ring (bicyclic) bond motifs is 7. The van der Waals surface area contributed by atoms with Crippen molar-refractivity contribution in [2.75, 3.05) is 5.73 Å². The fourth-order valence-electron chi connectivity index (χ4n) is 11.5. The summed E-state index contributed by atoms with van der Waals surface area (Å²) in [6.45, 7) is 35.5. The second-order valence-corrected chi connectivity index (χ2v) is 26.8. The Labute approximate surface area is 573 Å². The first-order chi connectivity index (χ1) is 45.6. The van der Waals surface area contributed by atoms with Crippen LogP contribution in [-0.2, 0) is 6.42 Å². The Balaban J connectivity index is 0.000000159. The van der Waals surface area contributed by atoms with Crippen LogP contribution < -0.4 is 11.3 Å². The average Bonchev–Trinajstić information content (AvgIpc) is 1.80. The standard InChI is InChI=1S/C13H15N.C12H12ClN.C11H11FN2O.C11H12FN.C11H15N3.C11H14N2.C10H11FN2.CH4/c1-9(2)12-8-10(3)14-13-7-5-4-6-11(12)13;1-8(2)10-7-9-5-3-4-6-11(9)14-12(10)13;1-6(2)7-3-8-10(4-9(7)12)13-5-14-11(8)15;1-7(2)9-5-8-3-4-13-11(8)6-10(9)12;1-6(2)8-5-9-10(4-7(8)3)13-14-11(9)12;1-7(2)10-5-9-6-12-13-11(9)4-8(10)3;1-6(2)7-3-9-10(4-8(7)11)13-5-12-9;/h4-9H,1-3H3;3-8H,1-2H3;3-6H,1-2H3,(H,13,14,15);4-7H,3H2,1-2H3;4-6H,1-3H3,(H3,12,13,14);4-7H,1-3H3,(H,12,13);3-6H,1-2H3,(H,12,13);1H4. The first-order valence-corrected chi connectivity index (χ1v) is 33.2. The van der Waals surface area contributed by atoms with Gasteiger partial charge in [-0.3, -0.25) is 25.0 Å². The van der Waals surface area contributed by atoms with E-state index >= 15 is 0 Å². The van der Waals surface area contributed by atoms with Crippen molar-refractivity contribution in [3.8, 4) is 0 Å². The van der Waals surface area contributed by atoms with Crippen LogP contribution in [0.5, 0.6) is 0 Å². The number of para-hydroxylation sites is 2. The molecule has 7 heterocycles. The van der Waals surface area contributed by atoms with Crippen molar-refractivity contribution in [2.24, 2.45) is 4.99 Å². The molecular formula is C80H94ClF3N12O. The predicted molar refractivity (Wildman–Crippen MR) is 401 cm³/mol. The molecule has 13 aromatic rings. The number of aromatic nitrogens is 10. The van der Waals surface area contributed by atoms with Crippen molar-refractivity contribution in [1.82, 2.24) is 50.3 Å². The summed E-state index contributed by atoms with van der Waals surface area (Å²) >= 11 is 6.09. The zero-order chi connectivity index (χ0) is 69.8. The van der Waals surface area contributed by atoms with E-state index in [1.54, 1.807) is 12.4 Å². The maximum absolute atomic E-state index is 13.5. The van der Waals surface area contributed by atoms with Gasteiger partial charge >= 0.3 is 0 Å². The molecule has 6 N–H and O–H groups in total. The molecule has 0 bridgehead atoms. The van der Waals surface area contributed by atoms with Gasteiger partial charge in [0.15, 0.2) is 5.82 Å². The lowest BCUT2D eigenvalue weighted by atomic mass is 9.96. The molecule has 0 saturated heterocycles. The maximum Gasteiger partial charge on any atom is 0.258 e. The number of halogens is 4. The van der Waals surface area contributed by atoms with Crippen LogP contribution in [0.4, 0.5) is 24.7 Å². The number of hydrogen-bond donors (Lipinski definition) is 5. The molecule has 7 aromatic carbocycles. The molecule has 0 unspecified atom stereocenters. The van der Waals surface area contributed by atoms with E-state index in [0.29, 0.717) is 56.6 Å². The van der Waals surface area contributed by atoms with Gasteiger partial charge in [0.1, 0.15) is 22.6 Å². The van der Waals surface area contributed by atoms with E-state index in [1.807, 2.05) is 90.4 Å². The fraction of sp³-hybridized carbons (Fsp3) is 0.325. The highest BCUT2D eigenvalue weighted by Crippen LogP contribution is 2.33. The minimum atomic E-state index is -0.310. The van der Waals surface area contributed by atoms with Crippen molar-refractivity contribution in [3.05, 3.63) is 234 Å². The molecule has 0 atom stereocenters. The van der Waals surface area contributed by atoms with Gasteiger partial charge in [-0.1, -0.05) is 158 Å². The second kappa shape index (κ2) is 33.4. The molecule has 1 aliphatic heterocycles. The van der Waals surface area contributed by atoms with Gasteiger partial charge in [-0.15, -0.1) is 0 Å². The SMILES string of the molecule is C.CC(C)c1cc2[nH]cnc2cc1F.CC(C)c1cc2c(=O)[nH]cnc2cc1F.CC(C)c1cc2c(cc1F)N=CC2.CC(C)c1cc2ccccc2nc1Cl.Cc1cc(C(C)C)c2ccccc2n1.Cc1cc2[nH]nc(N)c2cc1C(C)C.Cc1cc2[nH]ncc2cc1C(C)C. The molecule has 97 heavy (non-hydrogen) atoms. The van der Waals surface area contributed by atoms with Crippen molar-refractivity contribution in [3.63, 3.8) is 0 Å². The zero-order valence-corrected chi connectivity index (χ0v) is 59.0. The second-order valence-electron chi connectivity index (χ2n) is 26.5. The molecule has 0 radical (unpaired) electrons. The molecule has 0 fully saturated rings. The number of nitrogens with zero attached hydrogens (tertiary/aromatic N) is 7. The summed E-state index contributed by atoms with van der Waals surface area (Å²) in [4.78, 5) is 37.8. The summed E-state index contributed by atoms with van der Waals surface area (Å²) in [5, 5.41) is 19.6. The molecule has 13 nitrogen and oxygen atoms in total. The lowest BCUT2D eigenvalue weighted by Gasteiger charge is -2.10. The minimum absolute atomic E-state index is 0. The van der Waals surface area contributed by atoms with Crippen molar-refractivity contribution < 1.29 is 13.2 Å². The summed E-state index contributed by atoms with van der Waals surface area (Å²) in [6.07, 6.45) is 7.40. The lowest BCUT2D eigenvalue weighted by Crippen LogP contribution is -2.07. The molecule has 508 valence electrons. The monoisotopic (exact) mass is 1330 g/mol. The number of nitrogens with one attached hydrogen (secondary N) is 4. The average molecular weight is 1330 g/mol. The number of anilines is 1. The van der Waals surface area contributed by atoms with Gasteiger partial charge < -0.3 is 15.7 Å². The van der Waals surface area contributed by atoms with Gasteiger partial charge in [0.05, 0.1) is 68.5 Å². The Morgan fingerprint density at radius 3 is 1.65 bits per heavy atom. The Morgan fingerprint density at radius 2 is 1.00 bits per heavy atom. The molecule has 0 amide bonds. The van der Waals surface area contributed by atoms with Crippen LogP contribution in [0.3, 0.4) is 0 Å². The third-order valence-corrected chi connectivity index (χ3v) is 17.1. The molecule has 0 aliphatic carbocycles. The highest BCUT2D eigenvalue weighted by molar-refractivity contribution is 6.30. The van der Waals surface area contributed by atoms with Gasteiger partial charge in [0.2, 0.25) is 0 Å². The number of hydrogen-bond acceptors (Lipinski definition) is 9. The number of benzene rings is 7. The van der Waals surface area contributed by atoms with E-state index < -0.39 is 0 Å². The Morgan fingerprint density at radius 1 is 0.474 bits per heavy atom. The topological polar surface area (TPSA) is 196 Å². The summed E-state index contributed by atoms with van der Waals surface area (Å²) in [7, 11) is 0. The van der Waals surface area contributed by atoms with Crippen LogP contribution in [-0.4, -0.2) is 56.5 Å². The number of imidazole rings is 1. The number of pyridine rings is 2. The number of aliphatic imine (C=N–C) groups is 1. The summed E-state index contributed by atoms with van der Waals surface area (Å²) in [5.41, 5.74) is 24.7. The van der Waals surface area contributed by atoms with E-state index in [4.69, 9.17) is 17.3 Å². The van der Waals surface area contributed by atoms with Crippen LogP contribution >= 0.6 is 11.6 Å². The van der Waals surface area contributed by atoms with E-state index in [0.717, 1.165) is 78.4 Å². The Bertz CT molecular complexity index is 4820. The van der Waals surface area contributed by atoms with Crippen LogP contribution in [0, 0.1) is 38.2 Å². The quantitative estimate of drug-likeness (QED) is 0.0972. The predicted octanol–water partition coefficient (Wildman–Crippen LogP) is 22.1. The van der Waals surface area contributed by atoms with Gasteiger partial charge in [-0.05, 0) is 178 Å². The fourth-order valence-corrected chi connectivity index (χ4v) is 11.8. The smallest absolute Gasteiger partial charge is 0.258 e. The van der Waals surface area contributed by atoms with E-state index in [-0.39, 0.29) is 48.2 Å². The minimum Gasteiger partial charge on any atom is -0.382 e. The zero-order valence-electron chi connectivity index (χ0n) is 58.2. The maximum atomic E-state index is 13.5. The molecule has 17 heteroatoms. The van der Waals surface area contributed by atoms with Crippen molar-refractivity contribution in [2.45, 2.75) is 173 Å². The third kappa shape index (κ3) is 18.7. The third-order valence-electron chi connectivity index (χ3n) is 16.8. The van der Waals surface area contributed by atoms with Gasteiger partial charge in [0.25, 0.3) is 5.56 Å². The number of aromatic amines is 4. The van der Waals surface area contributed by atoms with E-state index in [2.05, 4.69) is 192 Å². The summed E-state index contributed by atoms with van der Waals surface area (Å²) in [6, 6.07) is 38.9. The molecule has 14 rings (SSSR count). The number of H-pyrrole nitrogens is 4. The van der Waals surface area contributed by atoms with Gasteiger partial charge in [0, 0.05) is 58.1 Å². The number of nitrogens with two attached hydrogens (primary N) is 1. The van der Waals surface area contributed by atoms with Crippen LogP contribution in [0.15, 0.2) is 150 Å². The van der Waals surface area contributed by atoms with Crippen molar-refractivity contribution in [1.29, 1.82) is 0 Å². The molecule has 1 aliphatic rings. The first kappa shape index (κ1) is 74.8. The highest BCUT2D eigenvalue weighted by Gasteiger charge is 2.16. The largest absolute Gasteiger partial charge is 0.382 e. The summed E-state index contributed by atoms with van der Waals surface area (Å²) in [5.74, 6) is 2.54. The summed E-state index contributed by atoms with van der Waals surface area (Å²) < 4.78 is 40.4. The van der Waals surface area contributed by atoms with E-state index in [9.17, 15) is 18.0 Å². The van der Waals surface area contributed by atoms with E-state index in [1.165, 1.54) is 63.1 Å². The normalized spacial score (nSPS) is 11.5. The van der Waals surface area contributed by atoms with Gasteiger partial charge in [-0.25, -0.2) is 28.1 Å². The first-order valence-electron chi connectivity index (χ1n) is 32.8. The Hall–Kier alpha value is -9.54. The Kier molecular flexibility index (Phi) is 25.8. The van der Waals surface area contributed by atoms with Crippen LogP contribution in [0.1, 0.15) is 207 Å². The van der Waals surface area contributed by atoms with Crippen molar-refractivity contribution >= 4 is 94.9 Å². The lowest BCUT2D eigenvalue weighted by molar-refractivity contribution is 0.598. The molecule has 0 spiro atoms. The number of nitrogen functional groups attached to an aromatic ring is 1. The number of rotatable bonds is 7. The molecular weight excluding hydrogens is 1240 g/mol. The number of aryl methyl sites for hydroxylation is 3. The molecule has 6 aromatic heterocycles. The molecule has 0 saturated carbocycles. The van der Waals surface area contributed by atoms with Gasteiger partial charge in [-0.2, -0.15) is 10.2 Å². The van der Waals surface area contributed by atoms with Crippen LogP contribution in [0.25, 0.3) is 65.5 Å². The van der Waals surface area contributed by atoms with Crippen LogP contribution in [0.2, 0.25) is 5.15 Å².